The van der Waals surface area contributed by atoms with E-state index < -0.39 is 0 Å². The van der Waals surface area contributed by atoms with Crippen molar-refractivity contribution in [1.29, 1.82) is 0 Å². The third kappa shape index (κ3) is 33.9. The quantitative estimate of drug-likeness (QED) is 0.0545. The summed E-state index contributed by atoms with van der Waals surface area (Å²) < 4.78 is 13.8. The maximum absolute atomic E-state index is 10.9. The minimum absolute atomic E-state index is 0.0916. The van der Waals surface area contributed by atoms with Crippen molar-refractivity contribution < 1.29 is 28.6 Å². The Bertz CT molecular complexity index is 570. The van der Waals surface area contributed by atoms with Gasteiger partial charge in [-0.25, -0.2) is 0 Å². The Labute approximate surface area is 227 Å². The Morgan fingerprint density at radius 2 is 0.730 bits per heavy atom. The molecule has 0 radical (unpaired) electrons. The maximum Gasteiger partial charge on any atom is 0.305 e. The average molecular weight is 525 g/mol. The van der Waals surface area contributed by atoms with Gasteiger partial charge < -0.3 is 14.2 Å². The molecule has 37 heavy (non-hydrogen) atoms. The molecule has 0 saturated carbocycles. The molecule has 0 aliphatic heterocycles. The van der Waals surface area contributed by atoms with E-state index in [2.05, 4.69) is 32.9 Å². The molecule has 0 atom stereocenters. The predicted molar refractivity (Wildman–Crippen MR) is 152 cm³/mol. The molecule has 0 aliphatic carbocycles. The molecule has 0 saturated heterocycles. The van der Waals surface area contributed by atoms with Crippen LogP contribution < -0.4 is 0 Å². The van der Waals surface area contributed by atoms with Crippen LogP contribution in [0.15, 0.2) is 24.8 Å². The summed E-state index contributed by atoms with van der Waals surface area (Å²) in [7, 11) is 4.33. The Morgan fingerprint density at radius 3 is 1.03 bits per heavy atom. The van der Waals surface area contributed by atoms with Crippen molar-refractivity contribution in [2.45, 2.75) is 135 Å². The van der Waals surface area contributed by atoms with E-state index in [-0.39, 0.29) is 17.9 Å². The van der Waals surface area contributed by atoms with E-state index in [1.807, 2.05) is 6.08 Å². The summed E-state index contributed by atoms with van der Waals surface area (Å²) in [5, 5.41) is 0. The van der Waals surface area contributed by atoms with Crippen molar-refractivity contribution in [2.75, 3.05) is 21.3 Å². The topological polar surface area (TPSA) is 78.9 Å². The Balaban J connectivity index is 0. The lowest BCUT2D eigenvalue weighted by atomic mass is 10.1. The monoisotopic (exact) mass is 524 g/mol. The van der Waals surface area contributed by atoms with Crippen LogP contribution in [0.5, 0.6) is 0 Å². The van der Waals surface area contributed by atoms with Crippen LogP contribution in [0.2, 0.25) is 0 Å². The van der Waals surface area contributed by atoms with Crippen molar-refractivity contribution in [3.63, 3.8) is 0 Å². The van der Waals surface area contributed by atoms with E-state index in [9.17, 15) is 14.4 Å². The largest absolute Gasteiger partial charge is 0.469 e. The van der Waals surface area contributed by atoms with E-state index in [0.717, 1.165) is 51.4 Å². The fourth-order valence-electron chi connectivity index (χ4n) is 3.75. The van der Waals surface area contributed by atoms with Crippen LogP contribution in [-0.2, 0) is 28.6 Å². The Kier molecular flexibility index (Phi) is 32.0. The third-order valence-electron chi connectivity index (χ3n) is 6.14. The average Bonchev–Trinajstić information content (AvgIpc) is 2.92. The number of hydrogen-bond donors (Lipinski definition) is 0. The molecule has 0 aromatic rings. The summed E-state index contributed by atoms with van der Waals surface area (Å²) in [6.45, 7) is 3.67. The first-order valence-electron chi connectivity index (χ1n) is 14.5. The SMILES string of the molecule is C=CCCCCCCCC(=O)OC.COC(=O)CCCCCC/C=C\CCCCCCCCC(=O)OC. The number of carbonyl (C=O) groups excluding carboxylic acids is 3. The van der Waals surface area contributed by atoms with E-state index in [1.54, 1.807) is 0 Å². The van der Waals surface area contributed by atoms with Crippen LogP contribution in [0, 0.1) is 0 Å². The summed E-state index contributed by atoms with van der Waals surface area (Å²) in [6.07, 6.45) is 28.9. The lowest BCUT2D eigenvalue weighted by Gasteiger charge is -2.01. The van der Waals surface area contributed by atoms with Crippen molar-refractivity contribution in [3.05, 3.63) is 24.8 Å². The number of ether oxygens (including phenoxy) is 3. The number of allylic oxidation sites excluding steroid dienone is 3. The van der Waals surface area contributed by atoms with Crippen LogP contribution in [-0.4, -0.2) is 39.2 Å². The lowest BCUT2D eigenvalue weighted by Crippen LogP contribution is -1.99. The molecule has 0 aromatic heterocycles. The van der Waals surface area contributed by atoms with Crippen molar-refractivity contribution in [2.24, 2.45) is 0 Å². The van der Waals surface area contributed by atoms with Crippen molar-refractivity contribution in [1.82, 2.24) is 0 Å². The molecule has 0 aromatic carbocycles. The van der Waals surface area contributed by atoms with Crippen LogP contribution in [0.25, 0.3) is 0 Å². The van der Waals surface area contributed by atoms with Gasteiger partial charge in [-0.05, 0) is 57.8 Å². The molecule has 0 bridgehead atoms. The molecule has 216 valence electrons. The molecule has 0 aliphatic rings. The number of rotatable bonds is 24. The highest BCUT2D eigenvalue weighted by molar-refractivity contribution is 5.69. The standard InChI is InChI=1S/C20H36O4.C11H20O2/c1-23-19(21)17-15-13-11-9-7-5-3-4-6-8-10-12-14-16-18-20(22)24-2;1-3-4-5-6-7-8-9-10-11(12)13-2/h3,5H,4,6-18H2,1-2H3;3H,1,4-10H2,2H3/b5-3-;. The fourth-order valence-corrected chi connectivity index (χ4v) is 3.75. The predicted octanol–water partition coefficient (Wildman–Crippen LogP) is 8.43. The Hall–Kier alpha value is -2.11. The lowest BCUT2D eigenvalue weighted by molar-refractivity contribution is -0.141. The van der Waals surface area contributed by atoms with Gasteiger partial charge in [0.2, 0.25) is 0 Å². The molecule has 0 heterocycles. The number of esters is 3. The zero-order chi connectivity index (χ0) is 27.8. The van der Waals surface area contributed by atoms with Gasteiger partial charge in [-0.2, -0.15) is 0 Å². The van der Waals surface area contributed by atoms with Crippen molar-refractivity contribution >= 4 is 17.9 Å². The van der Waals surface area contributed by atoms with Gasteiger partial charge in [-0.15, -0.1) is 6.58 Å². The summed E-state index contributed by atoms with van der Waals surface area (Å²) in [5.74, 6) is -0.284. The smallest absolute Gasteiger partial charge is 0.305 e. The van der Waals surface area contributed by atoms with Crippen LogP contribution in [0.3, 0.4) is 0 Å². The minimum Gasteiger partial charge on any atom is -0.469 e. The molecule has 6 nitrogen and oxygen atoms in total. The third-order valence-corrected chi connectivity index (χ3v) is 6.14. The molecule has 0 fully saturated rings. The number of methoxy groups -OCH3 is 3. The second-order valence-corrected chi connectivity index (χ2v) is 9.41. The Morgan fingerprint density at radius 1 is 0.459 bits per heavy atom. The van der Waals surface area contributed by atoms with Gasteiger partial charge in [0.25, 0.3) is 0 Å². The van der Waals surface area contributed by atoms with Gasteiger partial charge in [0.05, 0.1) is 21.3 Å². The molecule has 0 N–H and O–H groups in total. The zero-order valence-electron chi connectivity index (χ0n) is 24.2. The van der Waals surface area contributed by atoms with E-state index in [1.165, 1.54) is 85.5 Å². The summed E-state index contributed by atoms with van der Waals surface area (Å²) in [5.41, 5.74) is 0. The number of carbonyl (C=O) groups is 3. The zero-order valence-corrected chi connectivity index (χ0v) is 24.2. The first-order valence-corrected chi connectivity index (χ1v) is 14.5. The molecule has 0 rings (SSSR count). The first kappa shape index (κ1) is 37.0. The molecule has 0 spiro atoms. The first-order chi connectivity index (χ1) is 18.0. The molecule has 6 heteroatoms. The number of unbranched alkanes of at least 4 members (excludes halogenated alkanes) is 15. The summed E-state index contributed by atoms with van der Waals surface area (Å²) in [4.78, 5) is 32.6. The van der Waals surface area contributed by atoms with Gasteiger partial charge in [0, 0.05) is 19.3 Å². The molecule has 0 amide bonds. The van der Waals surface area contributed by atoms with E-state index in [4.69, 9.17) is 0 Å². The fraction of sp³-hybridized carbons (Fsp3) is 0.774. The van der Waals surface area contributed by atoms with Crippen LogP contribution in [0.4, 0.5) is 0 Å². The van der Waals surface area contributed by atoms with E-state index in [0.29, 0.717) is 19.3 Å². The molecular weight excluding hydrogens is 468 g/mol. The second-order valence-electron chi connectivity index (χ2n) is 9.41. The van der Waals surface area contributed by atoms with Crippen LogP contribution >= 0.6 is 0 Å². The highest BCUT2D eigenvalue weighted by atomic mass is 16.5. The van der Waals surface area contributed by atoms with Gasteiger partial charge in [-0.3, -0.25) is 14.4 Å². The second kappa shape index (κ2) is 31.9. The van der Waals surface area contributed by atoms with Gasteiger partial charge in [0.15, 0.2) is 0 Å². The van der Waals surface area contributed by atoms with Gasteiger partial charge in [-0.1, -0.05) is 76.0 Å². The van der Waals surface area contributed by atoms with Crippen molar-refractivity contribution in [3.8, 4) is 0 Å². The minimum atomic E-state index is -0.0987. The summed E-state index contributed by atoms with van der Waals surface area (Å²) in [6, 6.07) is 0. The molecular formula is C31H56O6. The highest BCUT2D eigenvalue weighted by Gasteiger charge is 2.00. The van der Waals surface area contributed by atoms with Crippen LogP contribution in [0.1, 0.15) is 135 Å². The van der Waals surface area contributed by atoms with E-state index >= 15 is 0 Å². The number of hydrogen-bond acceptors (Lipinski definition) is 6. The normalized spacial score (nSPS) is 10.5. The highest BCUT2D eigenvalue weighted by Crippen LogP contribution is 2.11. The summed E-state index contributed by atoms with van der Waals surface area (Å²) >= 11 is 0. The molecule has 0 unspecified atom stereocenters. The van der Waals surface area contributed by atoms with Gasteiger partial charge in [0.1, 0.15) is 0 Å². The maximum atomic E-state index is 10.9. The van der Waals surface area contributed by atoms with Gasteiger partial charge >= 0.3 is 17.9 Å².